The van der Waals surface area contributed by atoms with Crippen molar-refractivity contribution in [2.75, 3.05) is 0 Å². The predicted molar refractivity (Wildman–Crippen MR) is 129 cm³/mol. The van der Waals surface area contributed by atoms with Gasteiger partial charge in [-0.05, 0) is 48.5 Å². The summed E-state index contributed by atoms with van der Waals surface area (Å²) >= 11 is 0.0574. The molecule has 0 atom stereocenters. The van der Waals surface area contributed by atoms with Crippen LogP contribution in [0.15, 0.2) is 121 Å². The molecule has 4 aromatic carbocycles. The summed E-state index contributed by atoms with van der Waals surface area (Å²) in [5.41, 5.74) is 0. The summed E-state index contributed by atoms with van der Waals surface area (Å²) in [4.78, 5) is 0. The maximum absolute atomic E-state index is 10.5. The van der Waals surface area contributed by atoms with Gasteiger partial charge in [0.15, 0.2) is 14.3 Å². The average Bonchev–Trinajstić information content (AvgIpc) is 2.91. The molecule has 13 heteroatoms. The Morgan fingerprint density at radius 2 is 0.622 bits per heavy atom. The van der Waals surface area contributed by atoms with Gasteiger partial charge in [0.25, 0.3) is 0 Å². The Bertz CT molecular complexity index is 985. The van der Waals surface area contributed by atoms with Crippen LogP contribution in [0.4, 0.5) is 0 Å². The fraction of sp³-hybridized carbons (Fsp3) is 0. The van der Waals surface area contributed by atoms with Gasteiger partial charge in [-0.25, -0.2) is 0 Å². The fourth-order valence-corrected chi connectivity index (χ4v) is 7.41. The highest BCUT2D eigenvalue weighted by Gasteiger charge is 2.44. The highest BCUT2D eigenvalue weighted by molar-refractivity contribution is 6.73. The van der Waals surface area contributed by atoms with Gasteiger partial charge in [-0.3, -0.25) is 0 Å². The molecule has 2 bridgehead atoms. The van der Waals surface area contributed by atoms with Crippen LogP contribution in [0.3, 0.4) is 0 Å². The van der Waals surface area contributed by atoms with E-state index in [1.807, 2.05) is 0 Å². The lowest BCUT2D eigenvalue weighted by Crippen LogP contribution is -3.61. The monoisotopic (exact) mass is 718 g/mol. The zero-order valence-electron chi connectivity index (χ0n) is 19.5. The van der Waals surface area contributed by atoms with Crippen LogP contribution in [0.25, 0.3) is 0 Å². The Morgan fingerprint density at radius 1 is 0.378 bits per heavy atom. The molecule has 184 valence electrons. The van der Waals surface area contributed by atoms with Crippen LogP contribution in [0.2, 0.25) is 0 Å². The molecule has 0 spiro atoms. The molecule has 0 saturated carbocycles. The van der Waals surface area contributed by atoms with E-state index in [0.717, 1.165) is 0 Å². The second kappa shape index (κ2) is 15.7. The van der Waals surface area contributed by atoms with Gasteiger partial charge in [0.05, 0.1) is 0 Å². The third-order valence-electron chi connectivity index (χ3n) is 4.48. The van der Waals surface area contributed by atoms with E-state index in [-0.39, 0.29) is 42.4 Å². The van der Waals surface area contributed by atoms with Crippen LogP contribution < -0.4 is 52.5 Å². The van der Waals surface area contributed by atoms with Crippen LogP contribution >= 0.6 is 0 Å². The van der Waals surface area contributed by atoms with E-state index < -0.39 is 29.3 Å². The quantitative estimate of drug-likeness (QED) is 0.155. The SMILES string of the molecule is [O-]B1OB2OB([O-])OB(O1)O2.c1ccc([I+]c2ccccc2)cc1.c1ccc([I+]c2ccccc2)cc1. The van der Waals surface area contributed by atoms with Gasteiger partial charge < -0.3 is 32.9 Å². The van der Waals surface area contributed by atoms with Crippen molar-refractivity contribution in [3.8, 4) is 0 Å². The van der Waals surface area contributed by atoms with Crippen molar-refractivity contribution in [2.24, 2.45) is 0 Å². The van der Waals surface area contributed by atoms with E-state index in [2.05, 4.69) is 144 Å². The molecule has 0 aromatic heterocycles. The molecule has 37 heavy (non-hydrogen) atoms. The minimum atomic E-state index is -1.73. The molecule has 2 aliphatic rings. The molecule has 0 unspecified atom stereocenters. The van der Waals surface area contributed by atoms with Gasteiger partial charge in [0.2, 0.25) is 0 Å². The highest BCUT2D eigenvalue weighted by atomic mass is 127. The lowest BCUT2D eigenvalue weighted by molar-refractivity contribution is -0.597. The van der Waals surface area contributed by atoms with Gasteiger partial charge in [-0.2, -0.15) is 0 Å². The molecule has 2 fully saturated rings. The molecule has 0 N–H and O–H groups in total. The van der Waals surface area contributed by atoms with Crippen molar-refractivity contribution in [2.45, 2.75) is 0 Å². The van der Waals surface area contributed by atoms with Crippen molar-refractivity contribution in [1.29, 1.82) is 0 Å². The van der Waals surface area contributed by atoms with E-state index in [9.17, 15) is 10.0 Å². The Hall–Kier alpha value is -1.68. The van der Waals surface area contributed by atoms with Gasteiger partial charge in [0, 0.05) is 0 Å². The first-order valence-corrected chi connectivity index (χ1v) is 15.5. The van der Waals surface area contributed by atoms with Crippen molar-refractivity contribution >= 4 is 29.3 Å². The van der Waals surface area contributed by atoms with E-state index in [1.54, 1.807) is 0 Å². The van der Waals surface area contributed by atoms with Crippen molar-refractivity contribution in [1.82, 2.24) is 0 Å². The summed E-state index contributed by atoms with van der Waals surface area (Å²) in [5, 5.41) is 21.0. The van der Waals surface area contributed by atoms with Crippen LogP contribution in [-0.2, 0) is 22.9 Å². The first-order chi connectivity index (χ1) is 18.1. The molecule has 4 aromatic rings. The molecule has 7 nitrogen and oxygen atoms in total. The number of benzene rings is 4. The lowest BCUT2D eigenvalue weighted by Gasteiger charge is -2.40. The second-order valence-electron chi connectivity index (χ2n) is 7.21. The number of rotatable bonds is 4. The smallest absolute Gasteiger partial charge is 0.597 e. The summed E-state index contributed by atoms with van der Waals surface area (Å²) < 4.78 is 27.8. The highest BCUT2D eigenvalue weighted by Crippen LogP contribution is 2.12. The number of hydrogen-bond donors (Lipinski definition) is 0. The van der Waals surface area contributed by atoms with Gasteiger partial charge in [-0.1, -0.05) is 72.8 Å². The Morgan fingerprint density at radius 3 is 0.865 bits per heavy atom. The minimum Gasteiger partial charge on any atom is -0.833 e. The van der Waals surface area contributed by atoms with E-state index in [0.29, 0.717) is 0 Å². The lowest BCUT2D eigenvalue weighted by atomic mass is 9.90. The molecule has 2 aliphatic heterocycles. The minimum absolute atomic E-state index is 0.0287. The van der Waals surface area contributed by atoms with Gasteiger partial charge >= 0.3 is 71.7 Å². The number of halogens is 2. The third kappa shape index (κ3) is 10.5. The normalized spacial score (nSPS) is 14.2. The van der Waals surface area contributed by atoms with Crippen LogP contribution in [-0.4, -0.2) is 29.3 Å². The van der Waals surface area contributed by atoms with E-state index in [1.165, 1.54) is 14.3 Å². The van der Waals surface area contributed by atoms with Crippen molar-refractivity contribution in [3.05, 3.63) is 136 Å². The van der Waals surface area contributed by atoms with Crippen molar-refractivity contribution < 1.29 is 75.3 Å². The zero-order chi connectivity index (χ0) is 25.7. The zero-order valence-corrected chi connectivity index (χ0v) is 23.8. The summed E-state index contributed by atoms with van der Waals surface area (Å²) in [6, 6.07) is 42.8. The van der Waals surface area contributed by atoms with Crippen LogP contribution in [0.5, 0.6) is 0 Å². The topological polar surface area (TPSA) is 92.3 Å². The first kappa shape index (κ1) is 28.3. The largest absolute Gasteiger partial charge is 0.833 e. The van der Waals surface area contributed by atoms with Crippen molar-refractivity contribution in [3.63, 3.8) is 0 Å². The van der Waals surface area contributed by atoms with E-state index >= 15 is 0 Å². The Balaban J connectivity index is 0.000000130. The van der Waals surface area contributed by atoms with Crippen LogP contribution in [0, 0.1) is 14.3 Å². The predicted octanol–water partition coefficient (Wildman–Crippen LogP) is -4.61. The Labute approximate surface area is 238 Å². The number of hydrogen-bond acceptors (Lipinski definition) is 7. The Kier molecular flexibility index (Phi) is 12.0. The maximum atomic E-state index is 10.5. The fourth-order valence-electron chi connectivity index (χ4n) is 2.87. The molecule has 2 heterocycles. The van der Waals surface area contributed by atoms with Crippen LogP contribution in [0.1, 0.15) is 0 Å². The molecule has 0 amide bonds. The molecular weight excluding hydrogens is 697 g/mol. The molecule has 0 radical (unpaired) electrons. The van der Waals surface area contributed by atoms with Gasteiger partial charge in [-0.15, -0.1) is 0 Å². The summed E-state index contributed by atoms with van der Waals surface area (Å²) in [7, 11) is -6.00. The molecule has 0 aliphatic carbocycles. The summed E-state index contributed by atoms with van der Waals surface area (Å²) in [5.74, 6) is 0. The van der Waals surface area contributed by atoms with E-state index in [4.69, 9.17) is 0 Å². The number of fused-ring (bicyclic) bond motifs is 2. The molecule has 6 rings (SSSR count). The summed E-state index contributed by atoms with van der Waals surface area (Å²) in [6.07, 6.45) is 0. The molecular formula is C24H20B4I2O7. The molecule has 2 saturated heterocycles. The summed E-state index contributed by atoms with van der Waals surface area (Å²) in [6.45, 7) is 0. The third-order valence-corrected chi connectivity index (χ3v) is 9.85. The average molecular weight is 717 g/mol. The standard InChI is InChI=1S/2C12H10I.B4O7/c2*1-3-7-11(8-4-1)13-12-9-5-2-6-10-12;5-1-7-3-9-2(6)10-4(8-1)11-3/h2*1-10H;/q2*+1;-2. The second-order valence-corrected chi connectivity index (χ2v) is 13.3. The first-order valence-electron chi connectivity index (χ1n) is 11.2. The van der Waals surface area contributed by atoms with Gasteiger partial charge in [0.1, 0.15) is 0 Å². The maximum Gasteiger partial charge on any atom is 0.597 e.